The molecule has 1 amide bonds. The molecule has 0 saturated heterocycles. The van der Waals surface area contributed by atoms with E-state index in [2.05, 4.69) is 21.2 Å². The Morgan fingerprint density at radius 1 is 1.06 bits per heavy atom. The SMILES string of the molecule is Cc1cc(NC(=O)CN(c2cc(C(F)(F)F)ccc2Cl)S(=O)(=O)c2ccccc2)ccc1Br. The third-order valence-corrected chi connectivity index (χ3v) is 7.59. The summed E-state index contributed by atoms with van der Waals surface area (Å²) >= 11 is 9.45. The van der Waals surface area contributed by atoms with Gasteiger partial charge in [0.25, 0.3) is 10.0 Å². The molecule has 0 aliphatic carbocycles. The van der Waals surface area contributed by atoms with Crippen molar-refractivity contribution < 1.29 is 26.4 Å². The Hall–Kier alpha value is -2.56. The van der Waals surface area contributed by atoms with Gasteiger partial charge in [-0.15, -0.1) is 0 Å². The Kier molecular flexibility index (Phi) is 7.40. The van der Waals surface area contributed by atoms with Gasteiger partial charge in [-0.3, -0.25) is 9.10 Å². The fourth-order valence-electron chi connectivity index (χ4n) is 2.95. The molecule has 1 N–H and O–H groups in total. The number of rotatable bonds is 6. The number of hydrogen-bond acceptors (Lipinski definition) is 3. The Bertz CT molecular complexity index is 1290. The molecule has 33 heavy (non-hydrogen) atoms. The molecule has 0 aliphatic heterocycles. The average Bonchev–Trinajstić information content (AvgIpc) is 2.75. The number of amides is 1. The predicted octanol–water partition coefficient (Wildman–Crippen LogP) is 6.26. The van der Waals surface area contributed by atoms with Crippen molar-refractivity contribution in [2.24, 2.45) is 0 Å². The smallest absolute Gasteiger partial charge is 0.325 e. The summed E-state index contributed by atoms with van der Waals surface area (Å²) in [5.74, 6) is -0.760. The third-order valence-electron chi connectivity index (χ3n) is 4.60. The molecule has 174 valence electrons. The van der Waals surface area contributed by atoms with E-state index >= 15 is 0 Å². The molecule has 0 bridgehead atoms. The van der Waals surface area contributed by atoms with Crippen LogP contribution in [-0.4, -0.2) is 20.9 Å². The molecule has 11 heteroatoms. The van der Waals surface area contributed by atoms with Crippen LogP contribution in [0.15, 0.2) is 76.1 Å². The second-order valence-electron chi connectivity index (χ2n) is 7.00. The number of aryl methyl sites for hydroxylation is 1. The number of nitrogens with zero attached hydrogens (tertiary/aromatic N) is 1. The molecular formula is C22H17BrClF3N2O3S. The molecule has 3 rings (SSSR count). The van der Waals surface area contributed by atoms with E-state index < -0.39 is 39.9 Å². The van der Waals surface area contributed by atoms with Crippen molar-refractivity contribution in [1.29, 1.82) is 0 Å². The Morgan fingerprint density at radius 3 is 2.33 bits per heavy atom. The fourth-order valence-corrected chi connectivity index (χ4v) is 4.92. The van der Waals surface area contributed by atoms with Gasteiger partial charge in [0.1, 0.15) is 6.54 Å². The van der Waals surface area contributed by atoms with Crippen LogP contribution in [0, 0.1) is 6.92 Å². The monoisotopic (exact) mass is 560 g/mol. The summed E-state index contributed by atoms with van der Waals surface area (Å²) in [4.78, 5) is 12.6. The summed E-state index contributed by atoms with van der Waals surface area (Å²) in [6, 6.07) is 14.3. The number of carbonyl (C=O) groups excluding carboxylic acids is 1. The second-order valence-corrected chi connectivity index (χ2v) is 10.1. The lowest BCUT2D eigenvalue weighted by molar-refractivity contribution is -0.137. The number of nitrogens with one attached hydrogen (secondary N) is 1. The van der Waals surface area contributed by atoms with E-state index in [-0.39, 0.29) is 9.92 Å². The van der Waals surface area contributed by atoms with Crippen LogP contribution in [-0.2, 0) is 21.0 Å². The molecule has 0 fully saturated rings. The van der Waals surface area contributed by atoms with Crippen molar-refractivity contribution in [1.82, 2.24) is 0 Å². The Labute approximate surface area is 202 Å². The van der Waals surface area contributed by atoms with Gasteiger partial charge >= 0.3 is 6.18 Å². The lowest BCUT2D eigenvalue weighted by atomic mass is 10.2. The first-order valence-corrected chi connectivity index (χ1v) is 12.0. The number of hydrogen-bond donors (Lipinski definition) is 1. The van der Waals surface area contributed by atoms with E-state index in [1.165, 1.54) is 24.3 Å². The lowest BCUT2D eigenvalue weighted by Crippen LogP contribution is -2.38. The predicted molar refractivity (Wildman–Crippen MR) is 125 cm³/mol. The van der Waals surface area contributed by atoms with Gasteiger partial charge in [-0.05, 0) is 61.0 Å². The molecule has 0 atom stereocenters. The van der Waals surface area contributed by atoms with Gasteiger partial charge in [0.2, 0.25) is 5.91 Å². The van der Waals surface area contributed by atoms with Crippen molar-refractivity contribution in [3.8, 4) is 0 Å². The van der Waals surface area contributed by atoms with Crippen molar-refractivity contribution >= 4 is 54.8 Å². The van der Waals surface area contributed by atoms with Crippen LogP contribution < -0.4 is 9.62 Å². The number of anilines is 2. The zero-order chi connectivity index (χ0) is 24.4. The normalized spacial score (nSPS) is 11.8. The molecule has 0 radical (unpaired) electrons. The minimum Gasteiger partial charge on any atom is -0.325 e. The molecule has 0 spiro atoms. The van der Waals surface area contributed by atoms with Gasteiger partial charge in [-0.2, -0.15) is 13.2 Å². The van der Waals surface area contributed by atoms with E-state index in [1.54, 1.807) is 31.2 Å². The maximum Gasteiger partial charge on any atom is 0.416 e. The Balaban J connectivity index is 2.05. The summed E-state index contributed by atoms with van der Waals surface area (Å²) in [5, 5.41) is 2.31. The fraction of sp³-hybridized carbons (Fsp3) is 0.136. The van der Waals surface area contributed by atoms with Crippen LogP contribution in [0.25, 0.3) is 0 Å². The van der Waals surface area contributed by atoms with E-state index in [1.807, 2.05) is 0 Å². The zero-order valence-electron chi connectivity index (χ0n) is 17.0. The van der Waals surface area contributed by atoms with Crippen molar-refractivity contribution in [3.05, 3.63) is 87.4 Å². The molecule has 0 aromatic heterocycles. The van der Waals surface area contributed by atoms with Crippen LogP contribution in [0.5, 0.6) is 0 Å². The van der Waals surface area contributed by atoms with Gasteiger partial charge in [0.15, 0.2) is 0 Å². The Morgan fingerprint density at radius 2 is 1.73 bits per heavy atom. The van der Waals surface area contributed by atoms with E-state index in [0.29, 0.717) is 16.1 Å². The number of sulfonamides is 1. The number of alkyl halides is 3. The van der Waals surface area contributed by atoms with Gasteiger partial charge < -0.3 is 5.32 Å². The van der Waals surface area contributed by atoms with Gasteiger partial charge in [0.05, 0.1) is 21.2 Å². The highest BCUT2D eigenvalue weighted by molar-refractivity contribution is 9.10. The maximum atomic E-state index is 13.3. The summed E-state index contributed by atoms with van der Waals surface area (Å²) < 4.78 is 68.0. The number of carbonyl (C=O) groups is 1. The number of benzene rings is 3. The molecule has 3 aromatic rings. The largest absolute Gasteiger partial charge is 0.416 e. The van der Waals surface area contributed by atoms with E-state index in [0.717, 1.165) is 22.2 Å². The highest BCUT2D eigenvalue weighted by Crippen LogP contribution is 2.37. The molecule has 0 unspecified atom stereocenters. The van der Waals surface area contributed by atoms with Crippen LogP contribution >= 0.6 is 27.5 Å². The number of halogens is 5. The zero-order valence-corrected chi connectivity index (χ0v) is 20.2. The van der Waals surface area contributed by atoms with Gasteiger partial charge in [-0.25, -0.2) is 8.42 Å². The van der Waals surface area contributed by atoms with Crippen LogP contribution in [0.3, 0.4) is 0 Å². The topological polar surface area (TPSA) is 66.5 Å². The van der Waals surface area contributed by atoms with Crippen LogP contribution in [0.4, 0.5) is 24.5 Å². The van der Waals surface area contributed by atoms with Crippen molar-refractivity contribution in [3.63, 3.8) is 0 Å². The van der Waals surface area contributed by atoms with Gasteiger partial charge in [-0.1, -0.05) is 45.7 Å². The molecule has 5 nitrogen and oxygen atoms in total. The first-order chi connectivity index (χ1) is 15.4. The van der Waals surface area contributed by atoms with Crippen LogP contribution in [0.1, 0.15) is 11.1 Å². The van der Waals surface area contributed by atoms with Crippen LogP contribution in [0.2, 0.25) is 5.02 Å². The molecule has 0 aliphatic rings. The maximum absolute atomic E-state index is 13.3. The van der Waals surface area contributed by atoms with Crippen molar-refractivity contribution in [2.45, 2.75) is 18.0 Å². The summed E-state index contributed by atoms with van der Waals surface area (Å²) in [6.45, 7) is 1.00. The molecule has 0 heterocycles. The second kappa shape index (κ2) is 9.74. The lowest BCUT2D eigenvalue weighted by Gasteiger charge is -2.26. The van der Waals surface area contributed by atoms with Gasteiger partial charge in [0, 0.05) is 10.2 Å². The minimum atomic E-state index is -4.74. The molecule has 3 aromatic carbocycles. The van der Waals surface area contributed by atoms with E-state index in [4.69, 9.17) is 11.6 Å². The quantitative estimate of drug-likeness (QED) is 0.386. The average molecular weight is 562 g/mol. The summed E-state index contributed by atoms with van der Waals surface area (Å²) in [7, 11) is -4.43. The van der Waals surface area contributed by atoms with E-state index in [9.17, 15) is 26.4 Å². The molecule has 0 saturated carbocycles. The first kappa shape index (κ1) is 25.1. The highest BCUT2D eigenvalue weighted by atomic mass is 79.9. The first-order valence-electron chi connectivity index (χ1n) is 9.40. The minimum absolute atomic E-state index is 0.203. The highest BCUT2D eigenvalue weighted by Gasteiger charge is 2.34. The molecular weight excluding hydrogens is 545 g/mol. The summed E-state index contributed by atoms with van der Waals surface area (Å²) in [6.07, 6.45) is -4.74. The van der Waals surface area contributed by atoms with Crippen molar-refractivity contribution in [2.75, 3.05) is 16.2 Å². The summed E-state index contributed by atoms with van der Waals surface area (Å²) in [5.41, 5.74) is -0.341. The standard InChI is InChI=1S/C22H17BrClF3N2O3S/c1-14-11-16(8-9-18(14)23)28-21(30)13-29(33(31,32)17-5-3-2-4-6-17)20-12-15(22(25,26)27)7-10-19(20)24/h2-12H,13H2,1H3,(H,28,30). The third kappa shape index (κ3) is 5.87.